The SMILES string of the molecule is C#Cc1ccc(-c2ccc(OCCC)cc2)cc1. The fourth-order valence-electron chi connectivity index (χ4n) is 1.72. The van der Waals surface area contributed by atoms with Crippen molar-refractivity contribution in [3.05, 3.63) is 54.1 Å². The van der Waals surface area contributed by atoms with Crippen LogP contribution in [0.4, 0.5) is 0 Å². The summed E-state index contributed by atoms with van der Waals surface area (Å²) in [5.41, 5.74) is 3.24. The van der Waals surface area contributed by atoms with E-state index in [-0.39, 0.29) is 0 Å². The van der Waals surface area contributed by atoms with Crippen LogP contribution in [0, 0.1) is 12.3 Å². The zero-order valence-electron chi connectivity index (χ0n) is 10.5. The number of hydrogen-bond donors (Lipinski definition) is 0. The van der Waals surface area contributed by atoms with Gasteiger partial charge in [0, 0.05) is 5.56 Å². The number of benzene rings is 2. The Morgan fingerprint density at radius 1 is 0.944 bits per heavy atom. The van der Waals surface area contributed by atoms with Crippen LogP contribution in [0.1, 0.15) is 18.9 Å². The first-order chi connectivity index (χ1) is 8.83. The van der Waals surface area contributed by atoms with E-state index < -0.39 is 0 Å². The van der Waals surface area contributed by atoms with Gasteiger partial charge in [-0.3, -0.25) is 0 Å². The second kappa shape index (κ2) is 5.93. The highest BCUT2D eigenvalue weighted by Crippen LogP contribution is 2.22. The summed E-state index contributed by atoms with van der Waals surface area (Å²) in [6.45, 7) is 2.86. The molecule has 2 aromatic rings. The molecule has 0 atom stereocenters. The summed E-state index contributed by atoms with van der Waals surface area (Å²) in [6, 6.07) is 16.1. The number of terminal acetylenes is 1. The molecule has 2 rings (SSSR count). The van der Waals surface area contributed by atoms with Gasteiger partial charge in [0.1, 0.15) is 5.75 Å². The van der Waals surface area contributed by atoms with Crippen LogP contribution in [0.5, 0.6) is 5.75 Å². The van der Waals surface area contributed by atoms with E-state index in [9.17, 15) is 0 Å². The summed E-state index contributed by atoms with van der Waals surface area (Å²) in [6.07, 6.45) is 6.36. The first kappa shape index (κ1) is 12.3. The predicted molar refractivity (Wildman–Crippen MR) is 75.6 cm³/mol. The van der Waals surface area contributed by atoms with Gasteiger partial charge in [0.15, 0.2) is 0 Å². The Hall–Kier alpha value is -2.20. The molecule has 0 saturated carbocycles. The third-order valence-corrected chi connectivity index (χ3v) is 2.71. The lowest BCUT2D eigenvalue weighted by atomic mass is 10.0. The normalized spacial score (nSPS) is 9.78. The lowest BCUT2D eigenvalue weighted by Gasteiger charge is -2.06. The van der Waals surface area contributed by atoms with Gasteiger partial charge in [-0.1, -0.05) is 37.1 Å². The molecule has 1 nitrogen and oxygen atoms in total. The average Bonchev–Trinajstić information content (AvgIpc) is 2.46. The molecule has 0 aliphatic carbocycles. The molecular formula is C17H16O. The Labute approximate surface area is 108 Å². The van der Waals surface area contributed by atoms with Crippen molar-refractivity contribution in [1.82, 2.24) is 0 Å². The molecule has 0 unspecified atom stereocenters. The van der Waals surface area contributed by atoms with Gasteiger partial charge in [-0.05, 0) is 41.8 Å². The highest BCUT2D eigenvalue weighted by molar-refractivity contribution is 5.65. The lowest BCUT2D eigenvalue weighted by Crippen LogP contribution is -1.94. The van der Waals surface area contributed by atoms with E-state index in [1.807, 2.05) is 36.4 Å². The fourth-order valence-corrected chi connectivity index (χ4v) is 1.72. The second-order valence-electron chi connectivity index (χ2n) is 4.09. The highest BCUT2D eigenvalue weighted by atomic mass is 16.5. The van der Waals surface area contributed by atoms with Crippen LogP contribution in [-0.2, 0) is 0 Å². The van der Waals surface area contributed by atoms with Crippen molar-refractivity contribution in [3.8, 4) is 29.2 Å². The number of rotatable bonds is 4. The minimum atomic E-state index is 0.760. The molecule has 0 amide bonds. The van der Waals surface area contributed by atoms with Crippen molar-refractivity contribution >= 4 is 0 Å². The monoisotopic (exact) mass is 236 g/mol. The third kappa shape index (κ3) is 2.93. The topological polar surface area (TPSA) is 9.23 Å². The molecule has 0 heterocycles. The summed E-state index contributed by atoms with van der Waals surface area (Å²) in [5, 5.41) is 0. The van der Waals surface area contributed by atoms with Gasteiger partial charge in [0.25, 0.3) is 0 Å². The first-order valence-electron chi connectivity index (χ1n) is 6.13. The quantitative estimate of drug-likeness (QED) is 0.725. The lowest BCUT2D eigenvalue weighted by molar-refractivity contribution is 0.317. The van der Waals surface area contributed by atoms with E-state index >= 15 is 0 Å². The number of hydrogen-bond acceptors (Lipinski definition) is 1. The van der Waals surface area contributed by atoms with Crippen molar-refractivity contribution < 1.29 is 4.74 Å². The molecule has 2 aromatic carbocycles. The number of ether oxygens (including phenoxy) is 1. The zero-order chi connectivity index (χ0) is 12.8. The van der Waals surface area contributed by atoms with Gasteiger partial charge in [0.2, 0.25) is 0 Å². The van der Waals surface area contributed by atoms with Crippen molar-refractivity contribution in [2.45, 2.75) is 13.3 Å². The molecule has 0 bridgehead atoms. The Morgan fingerprint density at radius 3 is 2.00 bits per heavy atom. The summed E-state index contributed by atoms with van der Waals surface area (Å²) in [5.74, 6) is 3.54. The molecule has 0 N–H and O–H groups in total. The standard InChI is InChI=1S/C17H16O/c1-3-13-18-17-11-9-16(10-12-17)15-7-5-14(4-2)6-8-15/h2,5-12H,3,13H2,1H3. The Balaban J connectivity index is 2.15. The smallest absolute Gasteiger partial charge is 0.119 e. The molecule has 18 heavy (non-hydrogen) atoms. The first-order valence-corrected chi connectivity index (χ1v) is 6.13. The van der Waals surface area contributed by atoms with Gasteiger partial charge < -0.3 is 4.74 Å². The van der Waals surface area contributed by atoms with E-state index in [0.29, 0.717) is 0 Å². The summed E-state index contributed by atoms with van der Waals surface area (Å²) >= 11 is 0. The second-order valence-corrected chi connectivity index (χ2v) is 4.09. The third-order valence-electron chi connectivity index (χ3n) is 2.71. The van der Waals surface area contributed by atoms with Crippen molar-refractivity contribution in [3.63, 3.8) is 0 Å². The molecule has 0 aliphatic heterocycles. The van der Waals surface area contributed by atoms with E-state index in [2.05, 4.69) is 25.0 Å². The molecule has 0 aromatic heterocycles. The molecule has 0 fully saturated rings. The van der Waals surface area contributed by atoms with E-state index in [1.54, 1.807) is 0 Å². The summed E-state index contributed by atoms with van der Waals surface area (Å²) in [4.78, 5) is 0. The van der Waals surface area contributed by atoms with Crippen LogP contribution < -0.4 is 4.74 Å². The Morgan fingerprint density at radius 2 is 1.50 bits per heavy atom. The highest BCUT2D eigenvalue weighted by Gasteiger charge is 1.98. The van der Waals surface area contributed by atoms with Gasteiger partial charge >= 0.3 is 0 Å². The molecule has 90 valence electrons. The molecule has 0 spiro atoms. The molecule has 1 heteroatoms. The van der Waals surface area contributed by atoms with E-state index in [0.717, 1.165) is 29.9 Å². The van der Waals surface area contributed by atoms with Crippen LogP contribution in [0.3, 0.4) is 0 Å². The minimum Gasteiger partial charge on any atom is -0.494 e. The summed E-state index contributed by atoms with van der Waals surface area (Å²) in [7, 11) is 0. The van der Waals surface area contributed by atoms with E-state index in [4.69, 9.17) is 11.2 Å². The average molecular weight is 236 g/mol. The zero-order valence-corrected chi connectivity index (χ0v) is 10.5. The Kier molecular flexibility index (Phi) is 4.04. The van der Waals surface area contributed by atoms with E-state index in [1.165, 1.54) is 5.56 Å². The molecule has 0 aliphatic rings. The minimum absolute atomic E-state index is 0.760. The van der Waals surface area contributed by atoms with Gasteiger partial charge in [0.05, 0.1) is 6.61 Å². The largest absolute Gasteiger partial charge is 0.494 e. The van der Waals surface area contributed by atoms with Gasteiger partial charge in [-0.25, -0.2) is 0 Å². The van der Waals surface area contributed by atoms with Gasteiger partial charge in [-0.15, -0.1) is 6.42 Å². The van der Waals surface area contributed by atoms with Crippen LogP contribution in [0.2, 0.25) is 0 Å². The Bertz CT molecular complexity index is 529. The van der Waals surface area contributed by atoms with Crippen LogP contribution in [0.15, 0.2) is 48.5 Å². The van der Waals surface area contributed by atoms with Gasteiger partial charge in [-0.2, -0.15) is 0 Å². The maximum atomic E-state index is 5.56. The maximum absolute atomic E-state index is 5.56. The van der Waals surface area contributed by atoms with Crippen LogP contribution in [-0.4, -0.2) is 6.61 Å². The van der Waals surface area contributed by atoms with Crippen LogP contribution in [0.25, 0.3) is 11.1 Å². The molecular weight excluding hydrogens is 220 g/mol. The van der Waals surface area contributed by atoms with Crippen LogP contribution >= 0.6 is 0 Å². The van der Waals surface area contributed by atoms with Crippen molar-refractivity contribution in [2.24, 2.45) is 0 Å². The van der Waals surface area contributed by atoms with Crippen molar-refractivity contribution in [1.29, 1.82) is 0 Å². The molecule has 0 radical (unpaired) electrons. The predicted octanol–water partition coefficient (Wildman–Crippen LogP) is 4.12. The molecule has 0 saturated heterocycles. The maximum Gasteiger partial charge on any atom is 0.119 e. The fraction of sp³-hybridized carbons (Fsp3) is 0.176. The summed E-state index contributed by atoms with van der Waals surface area (Å²) < 4.78 is 5.56. The van der Waals surface area contributed by atoms with Crippen molar-refractivity contribution in [2.75, 3.05) is 6.61 Å².